The van der Waals surface area contributed by atoms with Gasteiger partial charge in [0.25, 0.3) is 5.91 Å². The summed E-state index contributed by atoms with van der Waals surface area (Å²) in [6.45, 7) is 9.36. The quantitative estimate of drug-likeness (QED) is 0.567. The van der Waals surface area contributed by atoms with Crippen LogP contribution in [-0.4, -0.2) is 42.0 Å². The Balaban J connectivity index is 1.47. The zero-order valence-electron chi connectivity index (χ0n) is 16.9. The number of aryl methyl sites for hydroxylation is 2. The van der Waals surface area contributed by atoms with Crippen molar-refractivity contribution in [3.63, 3.8) is 0 Å². The first-order chi connectivity index (χ1) is 13.9. The number of anilines is 1. The lowest BCUT2D eigenvalue weighted by Gasteiger charge is -2.37. The smallest absolute Gasteiger partial charge is 0.265 e. The summed E-state index contributed by atoms with van der Waals surface area (Å²) < 4.78 is 0. The van der Waals surface area contributed by atoms with Crippen molar-refractivity contribution < 1.29 is 4.79 Å². The van der Waals surface area contributed by atoms with E-state index in [9.17, 15) is 4.79 Å². The van der Waals surface area contributed by atoms with Gasteiger partial charge in [0.1, 0.15) is 9.88 Å². The molecule has 0 atom stereocenters. The number of thiazole rings is 1. The van der Waals surface area contributed by atoms with Gasteiger partial charge in [-0.15, -0.1) is 11.3 Å². The van der Waals surface area contributed by atoms with Crippen LogP contribution in [0.2, 0.25) is 5.02 Å². The molecule has 0 bridgehead atoms. The molecule has 4 rings (SSSR count). The zero-order chi connectivity index (χ0) is 20.5. The standard InChI is InChI=1S/C23H24ClN3OS/c1-15-5-4-6-20(16(15)2)26-11-13-27(14-12-26)23(28)21-17(3)25-22(29-21)18-7-9-19(24)10-8-18/h4-10H,11-14H2,1-3H3. The van der Waals surface area contributed by atoms with Crippen LogP contribution in [0.5, 0.6) is 0 Å². The van der Waals surface area contributed by atoms with E-state index in [2.05, 4.69) is 41.9 Å². The summed E-state index contributed by atoms with van der Waals surface area (Å²) in [6, 6.07) is 14.0. The fourth-order valence-electron chi connectivity index (χ4n) is 3.68. The van der Waals surface area contributed by atoms with Gasteiger partial charge in [0.15, 0.2) is 0 Å². The van der Waals surface area contributed by atoms with Crippen molar-refractivity contribution in [2.24, 2.45) is 0 Å². The first kappa shape index (κ1) is 19.9. The largest absolute Gasteiger partial charge is 0.368 e. The van der Waals surface area contributed by atoms with Gasteiger partial charge in [-0.25, -0.2) is 4.98 Å². The molecule has 1 amide bonds. The molecule has 29 heavy (non-hydrogen) atoms. The van der Waals surface area contributed by atoms with E-state index in [0.717, 1.165) is 47.3 Å². The van der Waals surface area contributed by atoms with Crippen LogP contribution in [0.3, 0.4) is 0 Å². The number of piperazine rings is 1. The number of aromatic nitrogens is 1. The molecule has 0 radical (unpaired) electrons. The molecule has 0 spiro atoms. The van der Waals surface area contributed by atoms with E-state index in [1.165, 1.54) is 28.2 Å². The normalized spacial score (nSPS) is 14.3. The number of hydrogen-bond acceptors (Lipinski definition) is 4. The van der Waals surface area contributed by atoms with Gasteiger partial charge in [0, 0.05) is 42.5 Å². The highest BCUT2D eigenvalue weighted by atomic mass is 35.5. The number of nitrogens with zero attached hydrogens (tertiary/aromatic N) is 3. The summed E-state index contributed by atoms with van der Waals surface area (Å²) in [5.41, 5.74) is 5.67. The van der Waals surface area contributed by atoms with Crippen molar-refractivity contribution in [2.75, 3.05) is 31.1 Å². The van der Waals surface area contributed by atoms with Gasteiger partial charge in [-0.2, -0.15) is 0 Å². The minimum atomic E-state index is 0.0841. The molecular weight excluding hydrogens is 402 g/mol. The number of carbonyl (C=O) groups is 1. The minimum Gasteiger partial charge on any atom is -0.368 e. The first-order valence-corrected chi connectivity index (χ1v) is 11.0. The third-order valence-electron chi connectivity index (χ3n) is 5.57. The molecule has 2 heterocycles. The molecule has 0 saturated carbocycles. The Bertz CT molecular complexity index is 1040. The third-order valence-corrected chi connectivity index (χ3v) is 7.01. The van der Waals surface area contributed by atoms with Crippen molar-refractivity contribution >= 4 is 34.5 Å². The van der Waals surface area contributed by atoms with Crippen LogP contribution in [0.1, 0.15) is 26.5 Å². The molecule has 3 aromatic rings. The summed E-state index contributed by atoms with van der Waals surface area (Å²) in [4.78, 5) is 22.8. The predicted octanol–water partition coefficient (Wildman–Crippen LogP) is 5.35. The topological polar surface area (TPSA) is 36.4 Å². The maximum atomic E-state index is 13.1. The molecule has 0 N–H and O–H groups in total. The van der Waals surface area contributed by atoms with E-state index >= 15 is 0 Å². The average molecular weight is 426 g/mol. The molecule has 150 valence electrons. The van der Waals surface area contributed by atoms with Crippen LogP contribution in [-0.2, 0) is 0 Å². The van der Waals surface area contributed by atoms with Crippen molar-refractivity contribution in [3.05, 3.63) is 69.2 Å². The second kappa shape index (κ2) is 8.17. The van der Waals surface area contributed by atoms with Crippen molar-refractivity contribution in [3.8, 4) is 10.6 Å². The molecule has 1 fully saturated rings. The number of halogens is 1. The molecule has 2 aromatic carbocycles. The Kier molecular flexibility index (Phi) is 5.61. The fourth-order valence-corrected chi connectivity index (χ4v) is 4.85. The molecule has 6 heteroatoms. The highest BCUT2D eigenvalue weighted by molar-refractivity contribution is 7.17. The Labute approximate surface area is 180 Å². The van der Waals surface area contributed by atoms with Crippen LogP contribution >= 0.6 is 22.9 Å². The summed E-state index contributed by atoms with van der Waals surface area (Å²) in [7, 11) is 0. The van der Waals surface area contributed by atoms with E-state index < -0.39 is 0 Å². The number of hydrogen-bond donors (Lipinski definition) is 0. The molecule has 4 nitrogen and oxygen atoms in total. The van der Waals surface area contributed by atoms with Crippen LogP contribution in [0.4, 0.5) is 5.69 Å². The van der Waals surface area contributed by atoms with Gasteiger partial charge in [-0.1, -0.05) is 35.9 Å². The monoisotopic (exact) mass is 425 g/mol. The van der Waals surface area contributed by atoms with E-state index in [4.69, 9.17) is 11.6 Å². The zero-order valence-corrected chi connectivity index (χ0v) is 18.5. The van der Waals surface area contributed by atoms with Crippen LogP contribution < -0.4 is 4.90 Å². The third kappa shape index (κ3) is 4.02. The SMILES string of the molecule is Cc1cccc(N2CCN(C(=O)c3sc(-c4ccc(Cl)cc4)nc3C)CC2)c1C. The van der Waals surface area contributed by atoms with Crippen molar-refractivity contribution in [2.45, 2.75) is 20.8 Å². The van der Waals surface area contributed by atoms with Gasteiger partial charge in [0.05, 0.1) is 5.69 Å². The van der Waals surface area contributed by atoms with E-state index in [1.54, 1.807) is 0 Å². The number of amides is 1. The van der Waals surface area contributed by atoms with Crippen molar-refractivity contribution in [1.82, 2.24) is 9.88 Å². The predicted molar refractivity (Wildman–Crippen MR) is 121 cm³/mol. The van der Waals surface area contributed by atoms with E-state index in [1.807, 2.05) is 36.1 Å². The van der Waals surface area contributed by atoms with Crippen LogP contribution in [0, 0.1) is 20.8 Å². The van der Waals surface area contributed by atoms with Crippen LogP contribution in [0.15, 0.2) is 42.5 Å². The molecule has 0 aliphatic carbocycles. The number of rotatable bonds is 3. The Hall–Kier alpha value is -2.37. The molecular formula is C23H24ClN3OS. The lowest BCUT2D eigenvalue weighted by Crippen LogP contribution is -2.49. The Morgan fingerprint density at radius 3 is 2.38 bits per heavy atom. The fraction of sp³-hybridized carbons (Fsp3) is 0.304. The summed E-state index contributed by atoms with van der Waals surface area (Å²) in [5.74, 6) is 0.0841. The molecule has 1 aliphatic heterocycles. The van der Waals surface area contributed by atoms with Crippen molar-refractivity contribution in [1.29, 1.82) is 0 Å². The Morgan fingerprint density at radius 1 is 1.00 bits per heavy atom. The average Bonchev–Trinajstić information content (AvgIpc) is 3.12. The first-order valence-electron chi connectivity index (χ1n) is 9.78. The summed E-state index contributed by atoms with van der Waals surface area (Å²) >= 11 is 7.44. The van der Waals surface area contributed by atoms with Crippen LogP contribution in [0.25, 0.3) is 10.6 Å². The molecule has 1 aliphatic rings. The van der Waals surface area contributed by atoms with Gasteiger partial charge in [-0.05, 0) is 50.1 Å². The van der Waals surface area contributed by atoms with Gasteiger partial charge in [-0.3, -0.25) is 4.79 Å². The maximum absolute atomic E-state index is 13.1. The van der Waals surface area contributed by atoms with E-state index in [-0.39, 0.29) is 5.91 Å². The molecule has 1 saturated heterocycles. The number of carbonyl (C=O) groups excluding carboxylic acids is 1. The lowest BCUT2D eigenvalue weighted by molar-refractivity contribution is 0.0750. The minimum absolute atomic E-state index is 0.0841. The molecule has 1 aromatic heterocycles. The second-order valence-corrected chi connectivity index (χ2v) is 8.87. The summed E-state index contributed by atoms with van der Waals surface area (Å²) in [5, 5.41) is 1.55. The van der Waals surface area contributed by atoms with Gasteiger partial charge < -0.3 is 9.80 Å². The lowest BCUT2D eigenvalue weighted by atomic mass is 10.1. The van der Waals surface area contributed by atoms with E-state index in [0.29, 0.717) is 5.02 Å². The van der Waals surface area contributed by atoms with Gasteiger partial charge in [0.2, 0.25) is 0 Å². The number of benzene rings is 2. The highest BCUT2D eigenvalue weighted by Gasteiger charge is 2.26. The second-order valence-electron chi connectivity index (χ2n) is 7.44. The summed E-state index contributed by atoms with van der Waals surface area (Å²) in [6.07, 6.45) is 0. The maximum Gasteiger partial charge on any atom is 0.265 e. The highest BCUT2D eigenvalue weighted by Crippen LogP contribution is 2.30. The Morgan fingerprint density at radius 2 is 1.69 bits per heavy atom. The molecule has 0 unspecified atom stereocenters. The van der Waals surface area contributed by atoms with Gasteiger partial charge >= 0.3 is 0 Å².